The Labute approximate surface area is 93.2 Å². The number of hydrogen-bond donors (Lipinski definition) is 1. The second kappa shape index (κ2) is 11.2. The van der Waals surface area contributed by atoms with Gasteiger partial charge < -0.3 is 9.67 Å². The fourth-order valence-electron chi connectivity index (χ4n) is 1.49. The Balaban J connectivity index is 0.000000921. The lowest BCUT2D eigenvalue weighted by atomic mass is 10.1. The average molecular weight is 212 g/mol. The number of rotatable bonds is 7. The number of aliphatic hydroxyl groups excluding tert-OH is 1. The van der Waals surface area contributed by atoms with Crippen LogP contribution in [-0.2, 0) is 6.54 Å². The van der Waals surface area contributed by atoms with Crippen LogP contribution in [0.3, 0.4) is 0 Å². The maximum atomic E-state index is 7.00. The monoisotopic (exact) mass is 212 g/mol. The van der Waals surface area contributed by atoms with Crippen LogP contribution in [-0.4, -0.2) is 21.8 Å². The largest absolute Gasteiger partial charge is 0.400 e. The number of nitrogens with zero attached hydrogens (tertiary/aromatic N) is 2. The summed E-state index contributed by atoms with van der Waals surface area (Å²) >= 11 is 0. The van der Waals surface area contributed by atoms with E-state index in [-0.39, 0.29) is 0 Å². The van der Waals surface area contributed by atoms with Gasteiger partial charge >= 0.3 is 0 Å². The molecule has 0 aliphatic rings. The molecule has 1 heterocycles. The summed E-state index contributed by atoms with van der Waals surface area (Å²) in [5.41, 5.74) is 0. The zero-order chi connectivity index (χ0) is 11.4. The summed E-state index contributed by atoms with van der Waals surface area (Å²) in [7, 11) is 1.00. The highest BCUT2D eigenvalue weighted by atomic mass is 16.2. The Morgan fingerprint density at radius 2 is 1.73 bits per heavy atom. The van der Waals surface area contributed by atoms with Gasteiger partial charge in [0, 0.05) is 26.0 Å². The van der Waals surface area contributed by atoms with Crippen LogP contribution < -0.4 is 0 Å². The number of aliphatic hydroxyl groups is 1. The van der Waals surface area contributed by atoms with Crippen molar-refractivity contribution in [2.45, 2.75) is 52.0 Å². The minimum absolute atomic E-state index is 1.00. The van der Waals surface area contributed by atoms with Gasteiger partial charge in [-0.3, -0.25) is 0 Å². The summed E-state index contributed by atoms with van der Waals surface area (Å²) in [5, 5.41) is 7.00. The van der Waals surface area contributed by atoms with Crippen molar-refractivity contribution in [1.82, 2.24) is 9.55 Å². The molecule has 0 aromatic carbocycles. The molecule has 0 fully saturated rings. The number of aromatic nitrogens is 2. The minimum atomic E-state index is 1.00. The number of aryl methyl sites for hydroxylation is 1. The summed E-state index contributed by atoms with van der Waals surface area (Å²) in [5.74, 6) is 0. The van der Waals surface area contributed by atoms with Crippen LogP contribution >= 0.6 is 0 Å². The molecule has 0 aliphatic carbocycles. The highest BCUT2D eigenvalue weighted by Crippen LogP contribution is 2.05. The minimum Gasteiger partial charge on any atom is -0.400 e. The second-order valence-corrected chi connectivity index (χ2v) is 3.57. The fourth-order valence-corrected chi connectivity index (χ4v) is 1.49. The van der Waals surface area contributed by atoms with Gasteiger partial charge in [-0.15, -0.1) is 0 Å². The van der Waals surface area contributed by atoms with E-state index in [0.29, 0.717) is 0 Å². The summed E-state index contributed by atoms with van der Waals surface area (Å²) < 4.78 is 2.15. The molecule has 0 spiro atoms. The maximum Gasteiger partial charge on any atom is 0.0945 e. The first-order valence-electron chi connectivity index (χ1n) is 5.84. The van der Waals surface area contributed by atoms with Crippen LogP contribution in [0.25, 0.3) is 0 Å². The highest BCUT2D eigenvalue weighted by Gasteiger charge is 1.91. The van der Waals surface area contributed by atoms with Crippen LogP contribution in [0.1, 0.15) is 45.4 Å². The first-order valence-corrected chi connectivity index (χ1v) is 5.84. The van der Waals surface area contributed by atoms with Crippen molar-refractivity contribution in [3.05, 3.63) is 18.7 Å². The molecule has 15 heavy (non-hydrogen) atoms. The van der Waals surface area contributed by atoms with Crippen LogP contribution in [0.4, 0.5) is 0 Å². The second-order valence-electron chi connectivity index (χ2n) is 3.57. The van der Waals surface area contributed by atoms with E-state index < -0.39 is 0 Å². The normalized spacial score (nSPS) is 9.53. The molecule has 0 aliphatic heterocycles. The Bertz CT molecular complexity index is 197. The number of unbranched alkanes of at least 4 members (excludes halogenated alkanes) is 5. The van der Waals surface area contributed by atoms with Crippen molar-refractivity contribution in [1.29, 1.82) is 0 Å². The lowest BCUT2D eigenvalue weighted by molar-refractivity contribution is 0.399. The van der Waals surface area contributed by atoms with E-state index in [1.807, 2.05) is 18.7 Å². The van der Waals surface area contributed by atoms with Crippen LogP contribution in [0.5, 0.6) is 0 Å². The Kier molecular flexibility index (Phi) is 10.6. The van der Waals surface area contributed by atoms with E-state index >= 15 is 0 Å². The van der Waals surface area contributed by atoms with Crippen molar-refractivity contribution >= 4 is 0 Å². The summed E-state index contributed by atoms with van der Waals surface area (Å²) in [6.45, 7) is 3.39. The predicted molar refractivity (Wildman–Crippen MR) is 63.7 cm³/mol. The molecular formula is C12H24N2O. The smallest absolute Gasteiger partial charge is 0.0945 e. The van der Waals surface area contributed by atoms with Crippen molar-refractivity contribution in [2.24, 2.45) is 0 Å². The number of imidazole rings is 1. The molecular weight excluding hydrogens is 188 g/mol. The summed E-state index contributed by atoms with van der Waals surface area (Å²) in [6, 6.07) is 0. The molecule has 0 unspecified atom stereocenters. The zero-order valence-electron chi connectivity index (χ0n) is 10.0. The van der Waals surface area contributed by atoms with Gasteiger partial charge in [0.05, 0.1) is 6.33 Å². The zero-order valence-corrected chi connectivity index (χ0v) is 10.0. The molecule has 1 N–H and O–H groups in total. The Morgan fingerprint density at radius 1 is 1.07 bits per heavy atom. The molecule has 0 saturated carbocycles. The van der Waals surface area contributed by atoms with E-state index in [1.54, 1.807) is 0 Å². The van der Waals surface area contributed by atoms with E-state index in [9.17, 15) is 0 Å². The molecule has 1 aromatic heterocycles. The van der Waals surface area contributed by atoms with E-state index in [4.69, 9.17) is 5.11 Å². The Morgan fingerprint density at radius 3 is 2.33 bits per heavy atom. The van der Waals surface area contributed by atoms with Crippen molar-refractivity contribution < 1.29 is 5.11 Å². The van der Waals surface area contributed by atoms with Gasteiger partial charge in [0.25, 0.3) is 0 Å². The molecule has 3 nitrogen and oxygen atoms in total. The van der Waals surface area contributed by atoms with E-state index in [2.05, 4.69) is 16.5 Å². The SMILES string of the molecule is CCCCCCCCn1ccnc1.CO. The third-order valence-electron chi connectivity index (χ3n) is 2.33. The summed E-state index contributed by atoms with van der Waals surface area (Å²) in [6.07, 6.45) is 13.9. The van der Waals surface area contributed by atoms with Gasteiger partial charge in [-0.1, -0.05) is 39.0 Å². The van der Waals surface area contributed by atoms with E-state index in [1.165, 1.54) is 38.5 Å². The van der Waals surface area contributed by atoms with Crippen LogP contribution in [0.2, 0.25) is 0 Å². The standard InChI is InChI=1S/C11H20N2.CH4O/c1-2-3-4-5-6-7-9-13-10-8-12-11-13;1-2/h8,10-11H,2-7,9H2,1H3;2H,1H3. The molecule has 0 atom stereocenters. The molecule has 0 amide bonds. The molecule has 0 radical (unpaired) electrons. The van der Waals surface area contributed by atoms with E-state index in [0.717, 1.165) is 13.7 Å². The molecule has 88 valence electrons. The molecule has 1 aromatic rings. The topological polar surface area (TPSA) is 38.0 Å². The lowest BCUT2D eigenvalue weighted by Crippen LogP contribution is -1.93. The fraction of sp³-hybridized carbons (Fsp3) is 0.750. The van der Waals surface area contributed by atoms with Gasteiger partial charge in [-0.05, 0) is 6.42 Å². The molecule has 0 saturated heterocycles. The third kappa shape index (κ3) is 8.18. The average Bonchev–Trinajstić information content (AvgIpc) is 2.79. The maximum absolute atomic E-state index is 7.00. The van der Waals surface area contributed by atoms with Crippen LogP contribution in [0, 0.1) is 0 Å². The lowest BCUT2D eigenvalue weighted by Gasteiger charge is -2.01. The predicted octanol–water partition coefficient (Wildman–Crippen LogP) is 2.85. The van der Waals surface area contributed by atoms with Crippen molar-refractivity contribution in [2.75, 3.05) is 7.11 Å². The molecule has 0 bridgehead atoms. The van der Waals surface area contributed by atoms with Gasteiger partial charge in [-0.2, -0.15) is 0 Å². The first kappa shape index (κ1) is 14.2. The van der Waals surface area contributed by atoms with Crippen molar-refractivity contribution in [3.8, 4) is 0 Å². The molecule has 1 rings (SSSR count). The van der Waals surface area contributed by atoms with Gasteiger partial charge in [-0.25, -0.2) is 4.98 Å². The number of hydrogen-bond acceptors (Lipinski definition) is 2. The first-order chi connectivity index (χ1) is 7.43. The van der Waals surface area contributed by atoms with Crippen molar-refractivity contribution in [3.63, 3.8) is 0 Å². The van der Waals surface area contributed by atoms with Gasteiger partial charge in [0.15, 0.2) is 0 Å². The highest BCUT2D eigenvalue weighted by molar-refractivity contribution is 4.73. The third-order valence-corrected chi connectivity index (χ3v) is 2.33. The van der Waals surface area contributed by atoms with Gasteiger partial charge in [0.2, 0.25) is 0 Å². The quantitative estimate of drug-likeness (QED) is 0.706. The Hall–Kier alpha value is -0.830. The molecule has 3 heteroatoms. The summed E-state index contributed by atoms with van der Waals surface area (Å²) in [4.78, 5) is 4.01. The van der Waals surface area contributed by atoms with Crippen LogP contribution in [0.15, 0.2) is 18.7 Å². The van der Waals surface area contributed by atoms with Gasteiger partial charge in [0.1, 0.15) is 0 Å².